The van der Waals surface area contributed by atoms with Crippen LogP contribution in [0.2, 0.25) is 0 Å². The molecule has 0 aromatic carbocycles. The molecule has 0 aliphatic heterocycles. The van der Waals surface area contributed by atoms with Gasteiger partial charge in [-0.15, -0.1) is 0 Å². The van der Waals surface area contributed by atoms with Gasteiger partial charge in [0.1, 0.15) is 5.78 Å². The molecule has 0 aromatic rings. The average molecular weight is 220 g/mol. The highest BCUT2D eigenvalue weighted by Gasteiger charge is 2.50. The first-order valence-electron chi connectivity index (χ1n) is 5.62. The Morgan fingerprint density at radius 1 is 1.44 bits per heavy atom. The lowest BCUT2D eigenvalue weighted by Crippen LogP contribution is -2.47. The van der Waals surface area contributed by atoms with E-state index in [2.05, 4.69) is 6.58 Å². The van der Waals surface area contributed by atoms with Gasteiger partial charge in [0, 0.05) is 5.92 Å². The van der Waals surface area contributed by atoms with Crippen LogP contribution in [0.25, 0.3) is 0 Å². The maximum Gasteiger partial charge on any atom is 0.172 e. The lowest BCUT2D eigenvalue weighted by molar-refractivity contribution is -0.140. The Bertz CT molecular complexity index is 390. The van der Waals surface area contributed by atoms with Gasteiger partial charge in [0.2, 0.25) is 0 Å². The quantitative estimate of drug-likeness (QED) is 0.529. The van der Waals surface area contributed by atoms with Crippen LogP contribution in [0.5, 0.6) is 0 Å². The lowest BCUT2D eigenvalue weighted by atomic mass is 9.59. The summed E-state index contributed by atoms with van der Waals surface area (Å²) in [4.78, 5) is 24.1. The molecule has 3 atom stereocenters. The van der Waals surface area contributed by atoms with Gasteiger partial charge in [0.15, 0.2) is 5.78 Å². The highest BCUT2D eigenvalue weighted by molar-refractivity contribution is 6.14. The minimum absolute atomic E-state index is 0.0499. The zero-order chi connectivity index (χ0) is 12.7. The number of carbonyl (C=O) groups excluding carboxylic acids is 2. The summed E-state index contributed by atoms with van der Waals surface area (Å²) in [7, 11) is 0. The standard InChI is InChI=1S/C14H20O2/c1-8(2)12-9(3)7-10(4)13(16)14(12,6)11(5)15/h7,9,12H,1H2,2-6H3/t9-,12-,14-/m1/s1. The first-order valence-corrected chi connectivity index (χ1v) is 5.62. The summed E-state index contributed by atoms with van der Waals surface area (Å²) in [6.45, 7) is 12.9. The normalized spacial score (nSPS) is 34.6. The molecule has 1 rings (SSSR count). The largest absolute Gasteiger partial charge is 0.299 e. The molecule has 0 heterocycles. The molecule has 0 unspecified atom stereocenters. The molecule has 0 saturated carbocycles. The highest BCUT2D eigenvalue weighted by Crippen LogP contribution is 2.45. The van der Waals surface area contributed by atoms with E-state index in [-0.39, 0.29) is 23.4 Å². The summed E-state index contributed by atoms with van der Waals surface area (Å²) in [6, 6.07) is 0. The molecule has 16 heavy (non-hydrogen) atoms. The fourth-order valence-electron chi connectivity index (χ4n) is 2.96. The second-order valence-electron chi connectivity index (χ2n) is 5.12. The third-order valence-electron chi connectivity index (χ3n) is 3.75. The van der Waals surface area contributed by atoms with E-state index in [9.17, 15) is 9.59 Å². The SMILES string of the molecule is C=C(C)[C@@H]1[C@H](C)C=C(C)C(=O)[C@]1(C)C(C)=O. The molecular weight excluding hydrogens is 200 g/mol. The van der Waals surface area contributed by atoms with Gasteiger partial charge in [-0.2, -0.15) is 0 Å². The van der Waals surface area contributed by atoms with E-state index in [1.807, 2.05) is 19.9 Å². The zero-order valence-electron chi connectivity index (χ0n) is 10.8. The van der Waals surface area contributed by atoms with Crippen LogP contribution in [0.15, 0.2) is 23.8 Å². The van der Waals surface area contributed by atoms with Crippen LogP contribution in [0.1, 0.15) is 34.6 Å². The van der Waals surface area contributed by atoms with Gasteiger partial charge in [-0.1, -0.05) is 25.2 Å². The smallest absolute Gasteiger partial charge is 0.172 e. The molecule has 2 nitrogen and oxygen atoms in total. The molecule has 0 spiro atoms. The zero-order valence-corrected chi connectivity index (χ0v) is 10.8. The Morgan fingerprint density at radius 3 is 2.31 bits per heavy atom. The van der Waals surface area contributed by atoms with E-state index in [1.54, 1.807) is 13.8 Å². The summed E-state index contributed by atoms with van der Waals surface area (Å²) in [5.41, 5.74) is 0.675. The third-order valence-corrected chi connectivity index (χ3v) is 3.75. The van der Waals surface area contributed by atoms with Gasteiger partial charge < -0.3 is 0 Å². The molecule has 88 valence electrons. The minimum Gasteiger partial charge on any atom is -0.299 e. The van der Waals surface area contributed by atoms with Crippen molar-refractivity contribution >= 4 is 11.6 Å². The van der Waals surface area contributed by atoms with Crippen molar-refractivity contribution < 1.29 is 9.59 Å². The summed E-state index contributed by atoms with van der Waals surface area (Å²) >= 11 is 0. The van der Waals surface area contributed by atoms with Crippen molar-refractivity contribution in [3.63, 3.8) is 0 Å². The summed E-state index contributed by atoms with van der Waals surface area (Å²) in [6.07, 6.45) is 1.95. The van der Waals surface area contributed by atoms with Crippen molar-refractivity contribution in [3.8, 4) is 0 Å². The van der Waals surface area contributed by atoms with Gasteiger partial charge in [-0.25, -0.2) is 0 Å². The van der Waals surface area contributed by atoms with E-state index < -0.39 is 5.41 Å². The molecule has 0 fully saturated rings. The first-order chi connectivity index (χ1) is 7.22. The highest BCUT2D eigenvalue weighted by atomic mass is 16.2. The molecule has 0 amide bonds. The maximum atomic E-state index is 12.2. The van der Waals surface area contributed by atoms with Crippen LogP contribution < -0.4 is 0 Å². The van der Waals surface area contributed by atoms with Crippen molar-refractivity contribution in [2.45, 2.75) is 34.6 Å². The van der Waals surface area contributed by atoms with Crippen LogP contribution in [0.3, 0.4) is 0 Å². The fraction of sp³-hybridized carbons (Fsp3) is 0.571. The predicted molar refractivity (Wildman–Crippen MR) is 65.0 cm³/mol. The van der Waals surface area contributed by atoms with Crippen LogP contribution in [-0.4, -0.2) is 11.6 Å². The Hall–Kier alpha value is -1.18. The molecule has 1 aliphatic rings. The van der Waals surface area contributed by atoms with Crippen molar-refractivity contribution in [1.82, 2.24) is 0 Å². The monoisotopic (exact) mass is 220 g/mol. The summed E-state index contributed by atoms with van der Waals surface area (Å²) in [5, 5.41) is 0. The molecule has 0 saturated heterocycles. The van der Waals surface area contributed by atoms with Gasteiger partial charge in [0.05, 0.1) is 5.41 Å². The van der Waals surface area contributed by atoms with Crippen LogP contribution in [0, 0.1) is 17.3 Å². The molecule has 0 radical (unpaired) electrons. The van der Waals surface area contributed by atoms with Crippen LogP contribution in [-0.2, 0) is 9.59 Å². The Morgan fingerprint density at radius 2 is 1.94 bits per heavy atom. The van der Waals surface area contributed by atoms with Crippen molar-refractivity contribution in [2.75, 3.05) is 0 Å². The second kappa shape index (κ2) is 4.00. The van der Waals surface area contributed by atoms with E-state index >= 15 is 0 Å². The molecule has 1 aliphatic carbocycles. The van der Waals surface area contributed by atoms with E-state index in [1.165, 1.54) is 6.92 Å². The second-order valence-corrected chi connectivity index (χ2v) is 5.12. The average Bonchev–Trinajstić information content (AvgIpc) is 2.13. The number of hydrogen-bond acceptors (Lipinski definition) is 2. The minimum atomic E-state index is -0.927. The number of Topliss-reactive ketones (excluding diaryl/α,β-unsaturated/α-hetero) is 2. The summed E-state index contributed by atoms with van der Waals surface area (Å²) < 4.78 is 0. The van der Waals surface area contributed by atoms with E-state index in [0.717, 1.165) is 5.57 Å². The Kier molecular flexibility index (Phi) is 3.22. The van der Waals surface area contributed by atoms with Gasteiger partial charge in [-0.05, 0) is 39.2 Å². The lowest BCUT2D eigenvalue weighted by Gasteiger charge is -2.41. The molecule has 2 heteroatoms. The first kappa shape index (κ1) is 12.9. The Labute approximate surface area is 97.4 Å². The number of rotatable bonds is 2. The molecule has 0 N–H and O–H groups in total. The number of hydrogen-bond donors (Lipinski definition) is 0. The van der Waals surface area contributed by atoms with Crippen LogP contribution in [0.4, 0.5) is 0 Å². The van der Waals surface area contributed by atoms with Crippen molar-refractivity contribution in [2.24, 2.45) is 17.3 Å². The van der Waals surface area contributed by atoms with E-state index in [4.69, 9.17) is 0 Å². The van der Waals surface area contributed by atoms with Gasteiger partial charge in [-0.3, -0.25) is 9.59 Å². The van der Waals surface area contributed by atoms with Crippen molar-refractivity contribution in [1.29, 1.82) is 0 Å². The van der Waals surface area contributed by atoms with Gasteiger partial charge >= 0.3 is 0 Å². The van der Waals surface area contributed by atoms with E-state index in [0.29, 0.717) is 5.57 Å². The van der Waals surface area contributed by atoms with Gasteiger partial charge in [0.25, 0.3) is 0 Å². The number of allylic oxidation sites excluding steroid dienone is 3. The van der Waals surface area contributed by atoms with Crippen molar-refractivity contribution in [3.05, 3.63) is 23.8 Å². The molecular formula is C14H20O2. The predicted octanol–water partition coefficient (Wildman–Crippen LogP) is 2.94. The van der Waals surface area contributed by atoms with Crippen LogP contribution >= 0.6 is 0 Å². The Balaban J connectivity index is 3.41. The molecule has 0 aromatic heterocycles. The maximum absolute atomic E-state index is 12.2. The number of ketones is 2. The third kappa shape index (κ3) is 1.66. The number of carbonyl (C=O) groups is 2. The topological polar surface area (TPSA) is 34.1 Å². The molecule has 0 bridgehead atoms. The fourth-order valence-corrected chi connectivity index (χ4v) is 2.96. The summed E-state index contributed by atoms with van der Waals surface area (Å²) in [5.74, 6) is -0.0128.